The van der Waals surface area contributed by atoms with Gasteiger partial charge in [-0.25, -0.2) is 4.39 Å². The van der Waals surface area contributed by atoms with Crippen LogP contribution in [0.25, 0.3) is 0 Å². The Hall–Kier alpha value is -1.54. The quantitative estimate of drug-likeness (QED) is 0.790. The van der Waals surface area contributed by atoms with Crippen LogP contribution in [0.3, 0.4) is 0 Å². The first kappa shape index (κ1) is 11.0. The van der Waals surface area contributed by atoms with E-state index in [1.165, 1.54) is 6.07 Å². The van der Waals surface area contributed by atoms with Crippen molar-refractivity contribution in [2.75, 3.05) is 5.73 Å². The topological polar surface area (TPSA) is 26.0 Å². The van der Waals surface area contributed by atoms with Gasteiger partial charge in [-0.1, -0.05) is 41.9 Å². The summed E-state index contributed by atoms with van der Waals surface area (Å²) in [6.07, 6.45) is 0.457. The van der Waals surface area contributed by atoms with E-state index < -0.39 is 0 Å². The molecule has 0 atom stereocenters. The number of benzene rings is 2. The van der Waals surface area contributed by atoms with Crippen molar-refractivity contribution in [3.8, 4) is 0 Å². The van der Waals surface area contributed by atoms with Gasteiger partial charge in [-0.15, -0.1) is 0 Å². The van der Waals surface area contributed by atoms with Gasteiger partial charge in [-0.05, 0) is 23.3 Å². The molecule has 0 fully saturated rings. The van der Waals surface area contributed by atoms with Gasteiger partial charge in [0.15, 0.2) is 0 Å². The molecule has 0 radical (unpaired) electrons. The van der Waals surface area contributed by atoms with Crippen LogP contribution in [0.5, 0.6) is 0 Å². The number of nitrogens with two attached hydrogens (primary N) is 1. The Bertz CT molecular complexity index is 511. The molecule has 0 saturated carbocycles. The predicted molar refractivity (Wildman–Crippen MR) is 65.1 cm³/mol. The third-order valence-electron chi connectivity index (χ3n) is 2.48. The average molecular weight is 236 g/mol. The number of rotatable bonds is 2. The Kier molecular flexibility index (Phi) is 3.11. The molecule has 82 valence electrons. The second-order valence-corrected chi connectivity index (χ2v) is 3.99. The summed E-state index contributed by atoms with van der Waals surface area (Å²) in [6.45, 7) is 0. The largest absolute Gasteiger partial charge is 0.397 e. The maximum atomic E-state index is 13.4. The number of hydrogen-bond acceptors (Lipinski definition) is 1. The van der Waals surface area contributed by atoms with E-state index in [1.807, 2.05) is 12.1 Å². The Morgan fingerprint density at radius 3 is 2.44 bits per heavy atom. The van der Waals surface area contributed by atoms with Crippen molar-refractivity contribution in [1.29, 1.82) is 0 Å². The van der Waals surface area contributed by atoms with Crippen LogP contribution in [0, 0.1) is 5.82 Å². The van der Waals surface area contributed by atoms with Crippen LogP contribution in [0.15, 0.2) is 42.5 Å². The summed E-state index contributed by atoms with van der Waals surface area (Å²) in [5, 5.41) is 0.508. The van der Waals surface area contributed by atoms with E-state index in [-0.39, 0.29) is 5.82 Å². The third-order valence-corrected chi connectivity index (χ3v) is 2.81. The van der Waals surface area contributed by atoms with Gasteiger partial charge in [0.05, 0.1) is 10.7 Å². The highest BCUT2D eigenvalue weighted by molar-refractivity contribution is 6.33. The Balaban J connectivity index is 2.35. The van der Waals surface area contributed by atoms with E-state index in [9.17, 15) is 4.39 Å². The molecule has 0 aromatic heterocycles. The maximum absolute atomic E-state index is 13.4. The lowest BCUT2D eigenvalue weighted by molar-refractivity contribution is 0.614. The molecule has 0 saturated heterocycles. The highest BCUT2D eigenvalue weighted by Crippen LogP contribution is 2.25. The van der Waals surface area contributed by atoms with Gasteiger partial charge in [0.2, 0.25) is 0 Å². The highest BCUT2D eigenvalue weighted by Gasteiger charge is 2.06. The maximum Gasteiger partial charge on any atom is 0.126 e. The van der Waals surface area contributed by atoms with Gasteiger partial charge >= 0.3 is 0 Å². The van der Waals surface area contributed by atoms with Gasteiger partial charge in [-0.3, -0.25) is 0 Å². The zero-order valence-corrected chi connectivity index (χ0v) is 9.34. The van der Waals surface area contributed by atoms with Crippen molar-refractivity contribution in [1.82, 2.24) is 0 Å². The molecular formula is C13H11ClFN. The van der Waals surface area contributed by atoms with Crippen molar-refractivity contribution in [3.05, 3.63) is 64.4 Å². The van der Waals surface area contributed by atoms with Gasteiger partial charge in [0.25, 0.3) is 0 Å². The molecule has 0 spiro atoms. The molecule has 0 aliphatic heterocycles. The monoisotopic (exact) mass is 235 g/mol. The van der Waals surface area contributed by atoms with E-state index in [0.717, 1.165) is 5.56 Å². The number of para-hydroxylation sites is 1. The lowest BCUT2D eigenvalue weighted by Crippen LogP contribution is -1.98. The Morgan fingerprint density at radius 2 is 1.69 bits per heavy atom. The lowest BCUT2D eigenvalue weighted by atomic mass is 10.0. The zero-order valence-electron chi connectivity index (χ0n) is 8.58. The molecule has 2 N–H and O–H groups in total. The van der Waals surface area contributed by atoms with Gasteiger partial charge in [-0.2, -0.15) is 0 Å². The van der Waals surface area contributed by atoms with Crippen LogP contribution >= 0.6 is 11.6 Å². The highest BCUT2D eigenvalue weighted by atomic mass is 35.5. The van der Waals surface area contributed by atoms with E-state index in [0.29, 0.717) is 22.7 Å². The lowest BCUT2D eigenvalue weighted by Gasteiger charge is -2.07. The van der Waals surface area contributed by atoms with E-state index in [4.69, 9.17) is 17.3 Å². The smallest absolute Gasteiger partial charge is 0.126 e. The first-order chi connectivity index (χ1) is 7.68. The molecule has 0 bridgehead atoms. The Labute approximate surface area is 98.7 Å². The fraction of sp³-hybridized carbons (Fsp3) is 0.0769. The third kappa shape index (κ3) is 2.17. The summed E-state index contributed by atoms with van der Waals surface area (Å²) in [7, 11) is 0. The second-order valence-electron chi connectivity index (χ2n) is 3.58. The number of halogens is 2. The molecular weight excluding hydrogens is 225 g/mol. The molecule has 2 rings (SSSR count). The number of hydrogen-bond donors (Lipinski definition) is 1. The van der Waals surface area contributed by atoms with Crippen molar-refractivity contribution in [3.63, 3.8) is 0 Å². The first-order valence-corrected chi connectivity index (χ1v) is 5.32. The minimum Gasteiger partial charge on any atom is -0.397 e. The van der Waals surface area contributed by atoms with E-state index >= 15 is 0 Å². The zero-order chi connectivity index (χ0) is 11.5. The van der Waals surface area contributed by atoms with Crippen LogP contribution in [-0.4, -0.2) is 0 Å². The molecule has 2 aromatic rings. The number of nitrogen functional groups attached to an aromatic ring is 1. The fourth-order valence-electron chi connectivity index (χ4n) is 1.58. The van der Waals surface area contributed by atoms with Crippen LogP contribution in [0.4, 0.5) is 10.1 Å². The van der Waals surface area contributed by atoms with E-state index in [2.05, 4.69) is 0 Å². The number of anilines is 1. The average Bonchev–Trinajstić information content (AvgIpc) is 2.28. The van der Waals surface area contributed by atoms with Crippen LogP contribution in [-0.2, 0) is 6.42 Å². The molecule has 16 heavy (non-hydrogen) atoms. The molecule has 0 aliphatic carbocycles. The van der Waals surface area contributed by atoms with E-state index in [1.54, 1.807) is 24.3 Å². The van der Waals surface area contributed by atoms with Crippen molar-refractivity contribution < 1.29 is 4.39 Å². The fourth-order valence-corrected chi connectivity index (χ4v) is 1.78. The van der Waals surface area contributed by atoms with Crippen molar-refractivity contribution in [2.24, 2.45) is 0 Å². The molecule has 0 aliphatic rings. The standard InChI is InChI=1S/C13H11ClFN/c14-11-6-3-5-10(13(11)16)8-9-4-1-2-7-12(9)15/h1-7H,8,16H2. The van der Waals surface area contributed by atoms with Crippen LogP contribution < -0.4 is 5.73 Å². The van der Waals surface area contributed by atoms with Gasteiger partial charge in [0, 0.05) is 6.42 Å². The molecule has 0 heterocycles. The summed E-state index contributed by atoms with van der Waals surface area (Å²) >= 11 is 5.90. The summed E-state index contributed by atoms with van der Waals surface area (Å²) in [4.78, 5) is 0. The van der Waals surface area contributed by atoms with Crippen molar-refractivity contribution in [2.45, 2.75) is 6.42 Å². The van der Waals surface area contributed by atoms with Gasteiger partial charge < -0.3 is 5.73 Å². The molecule has 0 amide bonds. The Morgan fingerprint density at radius 1 is 1.00 bits per heavy atom. The molecule has 1 nitrogen and oxygen atoms in total. The predicted octanol–water partition coefficient (Wildman–Crippen LogP) is 3.65. The normalized spacial score (nSPS) is 10.4. The summed E-state index contributed by atoms with van der Waals surface area (Å²) in [5.41, 5.74) is 7.81. The molecule has 0 unspecified atom stereocenters. The van der Waals surface area contributed by atoms with Crippen LogP contribution in [0.1, 0.15) is 11.1 Å². The summed E-state index contributed by atoms with van der Waals surface area (Å²) < 4.78 is 13.4. The van der Waals surface area contributed by atoms with Crippen LogP contribution in [0.2, 0.25) is 5.02 Å². The molecule has 2 aromatic carbocycles. The van der Waals surface area contributed by atoms with Crippen molar-refractivity contribution >= 4 is 17.3 Å². The minimum atomic E-state index is -0.220. The minimum absolute atomic E-state index is 0.220. The van der Waals surface area contributed by atoms with Gasteiger partial charge in [0.1, 0.15) is 5.82 Å². The second kappa shape index (κ2) is 4.54. The first-order valence-electron chi connectivity index (χ1n) is 4.95. The molecule has 3 heteroatoms. The summed E-state index contributed by atoms with van der Waals surface area (Å²) in [6, 6.07) is 12.1. The SMILES string of the molecule is Nc1c(Cl)cccc1Cc1ccccc1F. The summed E-state index contributed by atoms with van der Waals surface area (Å²) in [5.74, 6) is -0.220.